The van der Waals surface area contributed by atoms with Crippen molar-refractivity contribution in [1.82, 2.24) is 15.1 Å². The molecule has 1 N–H and O–H groups in total. The van der Waals surface area contributed by atoms with E-state index in [-0.39, 0.29) is 5.54 Å². The van der Waals surface area contributed by atoms with Gasteiger partial charge in [0.25, 0.3) is 0 Å². The van der Waals surface area contributed by atoms with E-state index < -0.39 is 0 Å². The highest BCUT2D eigenvalue weighted by atomic mass is 15.3. The summed E-state index contributed by atoms with van der Waals surface area (Å²) in [4.78, 5) is 0. The molecule has 0 saturated carbocycles. The van der Waals surface area contributed by atoms with Gasteiger partial charge in [-0.3, -0.25) is 4.68 Å². The van der Waals surface area contributed by atoms with Gasteiger partial charge in [0.15, 0.2) is 0 Å². The predicted molar refractivity (Wildman–Crippen MR) is 73.1 cm³/mol. The van der Waals surface area contributed by atoms with Crippen molar-refractivity contribution >= 4 is 0 Å². The van der Waals surface area contributed by atoms with Gasteiger partial charge in [0.2, 0.25) is 0 Å². The summed E-state index contributed by atoms with van der Waals surface area (Å²) in [6.07, 6.45) is 5.52. The van der Waals surface area contributed by atoms with Crippen LogP contribution in [0.4, 0.5) is 0 Å². The van der Waals surface area contributed by atoms with Gasteiger partial charge in [0.05, 0.1) is 11.7 Å². The lowest BCUT2D eigenvalue weighted by molar-refractivity contribution is 0.368. The maximum absolute atomic E-state index is 4.64. The third-order valence-electron chi connectivity index (χ3n) is 3.61. The molecule has 0 bridgehead atoms. The highest BCUT2D eigenvalue weighted by Gasteiger charge is 2.14. The van der Waals surface area contributed by atoms with Crippen molar-refractivity contribution in [3.05, 3.63) is 18.0 Å². The average Bonchev–Trinajstić information content (AvgIpc) is 2.77. The summed E-state index contributed by atoms with van der Waals surface area (Å²) in [6, 6.07) is 2.67. The van der Waals surface area contributed by atoms with Crippen LogP contribution in [0.5, 0.6) is 0 Å². The second-order valence-electron chi connectivity index (χ2n) is 5.35. The maximum Gasteiger partial charge on any atom is 0.0762 e. The molecule has 0 amide bonds. The summed E-state index contributed by atoms with van der Waals surface area (Å²) >= 11 is 0. The van der Waals surface area contributed by atoms with E-state index in [2.05, 4.69) is 62.0 Å². The van der Waals surface area contributed by atoms with Crippen molar-refractivity contribution in [2.45, 2.75) is 72.0 Å². The van der Waals surface area contributed by atoms with E-state index in [4.69, 9.17) is 0 Å². The quantitative estimate of drug-likeness (QED) is 0.786. The fourth-order valence-electron chi connectivity index (χ4n) is 1.79. The Hall–Kier alpha value is -0.830. The smallest absolute Gasteiger partial charge is 0.0762 e. The Balaban J connectivity index is 2.57. The van der Waals surface area contributed by atoms with Crippen molar-refractivity contribution in [2.75, 3.05) is 0 Å². The highest BCUT2D eigenvalue weighted by molar-refractivity contribution is 5.00. The van der Waals surface area contributed by atoms with Gasteiger partial charge in [-0.25, -0.2) is 0 Å². The lowest BCUT2D eigenvalue weighted by Gasteiger charge is -2.23. The van der Waals surface area contributed by atoms with Crippen LogP contribution < -0.4 is 5.32 Å². The van der Waals surface area contributed by atoms with Crippen LogP contribution in [0.25, 0.3) is 0 Å². The Kier molecular flexibility index (Phi) is 5.19. The molecule has 0 aliphatic heterocycles. The van der Waals surface area contributed by atoms with Crippen LogP contribution in [-0.4, -0.2) is 15.3 Å². The molecule has 1 rings (SSSR count). The van der Waals surface area contributed by atoms with Crippen LogP contribution in [0.15, 0.2) is 12.3 Å². The molecule has 0 fully saturated rings. The first-order valence-electron chi connectivity index (χ1n) is 6.81. The molecule has 0 spiro atoms. The maximum atomic E-state index is 4.64. The van der Waals surface area contributed by atoms with E-state index >= 15 is 0 Å². The van der Waals surface area contributed by atoms with E-state index in [1.807, 2.05) is 0 Å². The monoisotopic (exact) mass is 237 g/mol. The first kappa shape index (κ1) is 14.2. The average molecular weight is 237 g/mol. The summed E-state index contributed by atoms with van der Waals surface area (Å²) in [7, 11) is 0. The second kappa shape index (κ2) is 6.20. The predicted octanol–water partition coefficient (Wildman–Crippen LogP) is 3.52. The summed E-state index contributed by atoms with van der Waals surface area (Å²) in [6.45, 7) is 11.9. The van der Waals surface area contributed by atoms with Gasteiger partial charge < -0.3 is 5.32 Å². The minimum atomic E-state index is 0.193. The Bertz CT molecular complexity index is 324. The number of hydrogen-bond donors (Lipinski definition) is 1. The van der Waals surface area contributed by atoms with E-state index in [1.165, 1.54) is 0 Å². The Morgan fingerprint density at radius 1 is 1.29 bits per heavy atom. The summed E-state index contributed by atoms with van der Waals surface area (Å²) in [5, 5.41) is 8.18. The van der Waals surface area contributed by atoms with Gasteiger partial charge in [-0.05, 0) is 39.2 Å². The molecule has 0 atom stereocenters. The fraction of sp³-hybridized carbons (Fsp3) is 0.786. The van der Waals surface area contributed by atoms with E-state index in [0.717, 1.165) is 31.5 Å². The molecule has 1 aromatic rings. The van der Waals surface area contributed by atoms with Gasteiger partial charge in [0.1, 0.15) is 0 Å². The van der Waals surface area contributed by atoms with Gasteiger partial charge in [-0.1, -0.05) is 20.8 Å². The third kappa shape index (κ3) is 4.15. The van der Waals surface area contributed by atoms with Gasteiger partial charge >= 0.3 is 0 Å². The molecule has 0 radical (unpaired) electrons. The SMILES string of the molecule is CCC(CC)n1ccc(CNC(C)(C)CC)n1. The number of aromatic nitrogens is 2. The zero-order valence-corrected chi connectivity index (χ0v) is 12.0. The largest absolute Gasteiger partial charge is 0.306 e. The zero-order valence-electron chi connectivity index (χ0n) is 12.0. The molecular weight excluding hydrogens is 210 g/mol. The number of nitrogens with zero attached hydrogens (tertiary/aromatic N) is 2. The van der Waals surface area contributed by atoms with E-state index in [1.54, 1.807) is 0 Å². The molecule has 0 saturated heterocycles. The van der Waals surface area contributed by atoms with E-state index in [9.17, 15) is 0 Å². The highest BCUT2D eigenvalue weighted by Crippen LogP contribution is 2.15. The lowest BCUT2D eigenvalue weighted by Crippen LogP contribution is -2.37. The van der Waals surface area contributed by atoms with Gasteiger partial charge in [0, 0.05) is 18.3 Å². The molecule has 1 aromatic heterocycles. The lowest BCUT2D eigenvalue weighted by atomic mass is 10.0. The first-order valence-corrected chi connectivity index (χ1v) is 6.81. The van der Waals surface area contributed by atoms with Crippen LogP contribution in [0.3, 0.4) is 0 Å². The molecule has 0 aliphatic carbocycles. The van der Waals surface area contributed by atoms with Crippen molar-refractivity contribution in [3.63, 3.8) is 0 Å². The van der Waals surface area contributed by atoms with Crippen molar-refractivity contribution < 1.29 is 0 Å². The van der Waals surface area contributed by atoms with Crippen molar-refractivity contribution in [2.24, 2.45) is 0 Å². The number of hydrogen-bond acceptors (Lipinski definition) is 2. The van der Waals surface area contributed by atoms with Crippen LogP contribution in [0.1, 0.15) is 65.6 Å². The Morgan fingerprint density at radius 2 is 1.94 bits per heavy atom. The minimum Gasteiger partial charge on any atom is -0.306 e. The third-order valence-corrected chi connectivity index (χ3v) is 3.61. The normalized spacial score (nSPS) is 12.4. The minimum absolute atomic E-state index is 0.193. The van der Waals surface area contributed by atoms with Crippen LogP contribution in [0.2, 0.25) is 0 Å². The molecule has 17 heavy (non-hydrogen) atoms. The first-order chi connectivity index (χ1) is 8.02. The van der Waals surface area contributed by atoms with Crippen molar-refractivity contribution in [1.29, 1.82) is 0 Å². The molecular formula is C14H27N3. The molecule has 0 aliphatic rings. The number of nitrogens with one attached hydrogen (secondary N) is 1. The van der Waals surface area contributed by atoms with Gasteiger partial charge in [-0.2, -0.15) is 5.10 Å². The van der Waals surface area contributed by atoms with Crippen LogP contribution in [-0.2, 0) is 6.54 Å². The zero-order chi connectivity index (χ0) is 12.9. The molecule has 0 aromatic carbocycles. The summed E-state index contributed by atoms with van der Waals surface area (Å²) < 4.78 is 2.11. The molecule has 98 valence electrons. The Labute approximate surface area is 106 Å². The topological polar surface area (TPSA) is 29.9 Å². The number of rotatable bonds is 7. The van der Waals surface area contributed by atoms with Crippen LogP contribution >= 0.6 is 0 Å². The van der Waals surface area contributed by atoms with E-state index in [0.29, 0.717) is 6.04 Å². The fourth-order valence-corrected chi connectivity index (χ4v) is 1.79. The standard InChI is InChI=1S/C14H27N3/c1-6-13(7-2)17-10-9-12(16-17)11-15-14(4,5)8-3/h9-10,13,15H,6-8,11H2,1-5H3. The molecule has 3 heteroatoms. The molecule has 1 heterocycles. The second-order valence-corrected chi connectivity index (χ2v) is 5.35. The molecule has 0 unspecified atom stereocenters. The van der Waals surface area contributed by atoms with Gasteiger partial charge in [-0.15, -0.1) is 0 Å². The molecule has 3 nitrogen and oxygen atoms in total. The van der Waals surface area contributed by atoms with Crippen LogP contribution in [0, 0.1) is 0 Å². The summed E-state index contributed by atoms with van der Waals surface area (Å²) in [5.74, 6) is 0. The Morgan fingerprint density at radius 3 is 2.47 bits per heavy atom. The van der Waals surface area contributed by atoms with Crippen molar-refractivity contribution in [3.8, 4) is 0 Å². The summed E-state index contributed by atoms with van der Waals surface area (Å²) in [5.41, 5.74) is 1.33.